The van der Waals surface area contributed by atoms with Gasteiger partial charge in [-0.2, -0.15) is 16.9 Å². The summed E-state index contributed by atoms with van der Waals surface area (Å²) in [5, 5.41) is 3.60. The number of nitrogens with zero attached hydrogens (tertiary/aromatic N) is 2. The van der Waals surface area contributed by atoms with Crippen LogP contribution in [0.2, 0.25) is 0 Å². The number of hydrogen-bond donors (Lipinski definition) is 1. The molecule has 3 nitrogen and oxygen atoms in total. The van der Waals surface area contributed by atoms with Crippen molar-refractivity contribution < 1.29 is 4.52 Å². The van der Waals surface area contributed by atoms with Gasteiger partial charge in [0.15, 0.2) is 0 Å². The van der Waals surface area contributed by atoms with Crippen molar-refractivity contribution in [1.82, 2.24) is 10.1 Å². The van der Waals surface area contributed by atoms with Crippen LogP contribution in [0.25, 0.3) is 5.65 Å². The Kier molecular flexibility index (Phi) is 2.72. The summed E-state index contributed by atoms with van der Waals surface area (Å²) in [7, 11) is 0. The second-order valence-electron chi connectivity index (χ2n) is 3.18. The van der Waals surface area contributed by atoms with Gasteiger partial charge in [-0.05, 0) is 23.7 Å². The van der Waals surface area contributed by atoms with Crippen molar-refractivity contribution in [3.63, 3.8) is 0 Å². The Balaban J connectivity index is 2.33. The predicted molar refractivity (Wildman–Crippen MR) is 58.3 cm³/mol. The zero-order chi connectivity index (χ0) is 9.97. The lowest BCUT2D eigenvalue weighted by atomic mass is 10.2. The highest BCUT2D eigenvalue weighted by Crippen LogP contribution is 2.26. The predicted octanol–water partition coefficient (Wildman–Crippen LogP) is 1.96. The van der Waals surface area contributed by atoms with E-state index in [1.807, 2.05) is 22.3 Å². The molecule has 14 heavy (non-hydrogen) atoms. The molecule has 1 atom stereocenters. The monoisotopic (exact) mass is 208 g/mol. The Morgan fingerprint density at radius 3 is 3.21 bits per heavy atom. The van der Waals surface area contributed by atoms with Gasteiger partial charge < -0.3 is 0 Å². The van der Waals surface area contributed by atoms with Crippen molar-refractivity contribution in [2.24, 2.45) is 0 Å². The highest BCUT2D eigenvalue weighted by atomic mass is 32.2. The molecule has 4 heteroatoms. The molecule has 1 unspecified atom stereocenters. The van der Waals surface area contributed by atoms with Crippen LogP contribution >= 0.6 is 11.8 Å². The summed E-state index contributed by atoms with van der Waals surface area (Å²) in [4.78, 5) is 4.17. The van der Waals surface area contributed by atoms with Gasteiger partial charge in [-0.25, -0.2) is 0 Å². The van der Waals surface area contributed by atoms with Crippen LogP contribution in [0, 0.1) is 0 Å². The summed E-state index contributed by atoms with van der Waals surface area (Å²) in [6.07, 6.45) is 3.81. The summed E-state index contributed by atoms with van der Waals surface area (Å²) < 4.78 is 1.95. The third kappa shape index (κ3) is 1.75. The maximum Gasteiger partial charge on any atom is 0.348 e. The van der Waals surface area contributed by atoms with E-state index in [0.717, 1.165) is 11.4 Å². The second-order valence-corrected chi connectivity index (χ2v) is 4.79. The summed E-state index contributed by atoms with van der Waals surface area (Å²) in [6.45, 7) is 4.41. The van der Waals surface area contributed by atoms with E-state index in [4.69, 9.17) is 0 Å². The lowest BCUT2D eigenvalue weighted by molar-refractivity contribution is -0.577. The van der Waals surface area contributed by atoms with Gasteiger partial charge in [0.1, 0.15) is 6.20 Å². The molecule has 0 spiro atoms. The fourth-order valence-electron chi connectivity index (χ4n) is 1.46. The van der Waals surface area contributed by atoms with Gasteiger partial charge >= 0.3 is 5.65 Å². The van der Waals surface area contributed by atoms with Crippen molar-refractivity contribution in [3.8, 4) is 0 Å². The maximum absolute atomic E-state index is 4.17. The van der Waals surface area contributed by atoms with Gasteiger partial charge in [-0.3, -0.25) is 0 Å². The van der Waals surface area contributed by atoms with Crippen LogP contribution in [0.5, 0.6) is 0 Å². The Hall–Kier alpha value is -1.03. The van der Waals surface area contributed by atoms with E-state index in [-0.39, 0.29) is 0 Å². The van der Waals surface area contributed by atoms with Crippen molar-refractivity contribution in [2.45, 2.75) is 19.1 Å². The molecular weight excluding hydrogens is 194 g/mol. The summed E-state index contributed by atoms with van der Waals surface area (Å²) in [5.74, 6) is 1.15. The Labute approximate surface area is 87.5 Å². The van der Waals surface area contributed by atoms with E-state index in [9.17, 15) is 0 Å². The molecule has 2 heterocycles. The molecule has 0 fully saturated rings. The topological polar surface area (TPSA) is 32.8 Å². The molecule has 0 aliphatic carbocycles. The van der Waals surface area contributed by atoms with Crippen LogP contribution in [0.3, 0.4) is 0 Å². The van der Waals surface area contributed by atoms with Crippen molar-refractivity contribution in [3.05, 3.63) is 30.2 Å². The first-order valence-corrected chi connectivity index (χ1v) is 5.82. The minimum absolute atomic E-state index is 0.542. The lowest BCUT2D eigenvalue weighted by Crippen LogP contribution is -2.23. The van der Waals surface area contributed by atoms with Gasteiger partial charge in [0.05, 0.1) is 0 Å². The van der Waals surface area contributed by atoms with Crippen LogP contribution in [0.1, 0.15) is 24.7 Å². The first kappa shape index (κ1) is 9.52. The van der Waals surface area contributed by atoms with Crippen LogP contribution < -0.4 is 4.52 Å². The molecule has 0 aromatic carbocycles. The number of pyridine rings is 1. The number of H-pyrrole nitrogens is 1. The molecular formula is C10H14N3S+. The van der Waals surface area contributed by atoms with E-state index < -0.39 is 0 Å². The van der Waals surface area contributed by atoms with E-state index in [0.29, 0.717) is 5.25 Å². The number of fused-ring (bicyclic) bond motifs is 1. The van der Waals surface area contributed by atoms with E-state index >= 15 is 0 Å². The second kappa shape index (κ2) is 4.00. The quantitative estimate of drug-likeness (QED) is 0.782. The summed E-state index contributed by atoms with van der Waals surface area (Å²) in [5.41, 5.74) is 2.29. The van der Waals surface area contributed by atoms with Gasteiger partial charge in [-0.1, -0.05) is 6.92 Å². The molecule has 2 rings (SSSR count). The largest absolute Gasteiger partial charge is 0.348 e. The van der Waals surface area contributed by atoms with Gasteiger partial charge in [-0.15, -0.1) is 4.52 Å². The molecule has 0 aliphatic rings. The van der Waals surface area contributed by atoms with Gasteiger partial charge in [0.2, 0.25) is 6.33 Å². The number of aromatic amines is 1. The lowest BCUT2D eigenvalue weighted by Gasteiger charge is -2.07. The van der Waals surface area contributed by atoms with Crippen LogP contribution in [0.15, 0.2) is 24.7 Å². The fourth-order valence-corrected chi connectivity index (χ4v) is 2.29. The van der Waals surface area contributed by atoms with Crippen LogP contribution in [-0.4, -0.2) is 15.8 Å². The number of thioether (sulfide) groups is 1. The van der Waals surface area contributed by atoms with E-state index in [1.54, 1.807) is 6.33 Å². The number of nitrogens with one attached hydrogen (secondary N) is 1. The molecule has 0 amide bonds. The zero-order valence-electron chi connectivity index (χ0n) is 8.40. The average Bonchev–Trinajstić information content (AvgIpc) is 2.64. The van der Waals surface area contributed by atoms with E-state index in [1.165, 1.54) is 5.56 Å². The zero-order valence-corrected chi connectivity index (χ0v) is 9.21. The molecule has 74 valence electrons. The number of hydrogen-bond acceptors (Lipinski definition) is 2. The molecule has 2 aromatic rings. The number of rotatable bonds is 3. The highest BCUT2D eigenvalue weighted by molar-refractivity contribution is 7.99. The summed E-state index contributed by atoms with van der Waals surface area (Å²) >= 11 is 1.95. The standard InChI is InChI=1S/C10H13N3S/c1-3-14-8(2)9-4-5-10-11-7-12-13(10)6-9/h4-8H,3H2,1-2H3/p+1. The summed E-state index contributed by atoms with van der Waals surface area (Å²) in [6, 6.07) is 4.18. The first-order chi connectivity index (χ1) is 6.81. The molecule has 1 N–H and O–H groups in total. The van der Waals surface area contributed by atoms with Crippen LogP contribution in [0.4, 0.5) is 0 Å². The first-order valence-electron chi connectivity index (χ1n) is 4.77. The third-order valence-corrected chi connectivity index (χ3v) is 3.34. The van der Waals surface area contributed by atoms with Crippen molar-refractivity contribution in [2.75, 3.05) is 5.75 Å². The molecule has 0 aliphatic heterocycles. The van der Waals surface area contributed by atoms with Crippen molar-refractivity contribution >= 4 is 17.4 Å². The maximum atomic E-state index is 4.17. The molecule has 0 bridgehead atoms. The molecule has 0 saturated carbocycles. The molecule has 0 radical (unpaired) electrons. The fraction of sp³-hybridized carbons (Fsp3) is 0.400. The van der Waals surface area contributed by atoms with Crippen molar-refractivity contribution in [1.29, 1.82) is 0 Å². The Morgan fingerprint density at radius 1 is 1.57 bits per heavy atom. The average molecular weight is 208 g/mol. The van der Waals surface area contributed by atoms with Gasteiger partial charge in [0, 0.05) is 16.9 Å². The molecule has 2 aromatic heterocycles. The highest BCUT2D eigenvalue weighted by Gasteiger charge is 2.10. The minimum atomic E-state index is 0.542. The number of aromatic nitrogens is 3. The third-order valence-electron chi connectivity index (χ3n) is 2.23. The normalized spacial score (nSPS) is 13.3. The smallest absolute Gasteiger partial charge is 0.189 e. The minimum Gasteiger partial charge on any atom is -0.189 e. The molecule has 0 saturated heterocycles. The Bertz CT molecular complexity index is 424. The SMILES string of the molecule is CCSC(C)c1ccc2nc[nH][n+]2c1. The van der Waals surface area contributed by atoms with E-state index in [2.05, 4.69) is 36.2 Å². The van der Waals surface area contributed by atoms with Crippen LogP contribution in [-0.2, 0) is 0 Å². The Morgan fingerprint density at radius 2 is 2.43 bits per heavy atom. The van der Waals surface area contributed by atoms with Gasteiger partial charge in [0.25, 0.3) is 0 Å².